The fourth-order valence-electron chi connectivity index (χ4n) is 2.72. The number of hydrogen-bond acceptors (Lipinski definition) is 4. The van der Waals surface area contributed by atoms with Crippen LogP contribution in [0.5, 0.6) is 0 Å². The molecule has 0 spiro atoms. The van der Waals surface area contributed by atoms with E-state index >= 15 is 0 Å². The van der Waals surface area contributed by atoms with Gasteiger partial charge in [0.05, 0.1) is 0 Å². The molecule has 1 aromatic rings. The Morgan fingerprint density at radius 1 is 1.04 bits per heavy atom. The molecule has 6 nitrogen and oxygen atoms in total. The molecule has 1 aliphatic rings. The normalized spacial score (nSPS) is 14.6. The minimum atomic E-state index is -0.652. The van der Waals surface area contributed by atoms with Gasteiger partial charge in [-0.2, -0.15) is 0 Å². The predicted octanol–water partition coefficient (Wildman–Crippen LogP) is 1.68. The minimum absolute atomic E-state index is 0.0273. The lowest BCUT2D eigenvalue weighted by Crippen LogP contribution is -2.37. The number of hydrogen-bond donors (Lipinski definition) is 2. The summed E-state index contributed by atoms with van der Waals surface area (Å²) in [7, 11) is 0. The fourth-order valence-corrected chi connectivity index (χ4v) is 2.72. The van der Waals surface area contributed by atoms with Crippen LogP contribution in [-0.2, 0) is 25.7 Å². The van der Waals surface area contributed by atoms with Gasteiger partial charge >= 0.3 is 5.97 Å². The smallest absolute Gasteiger partial charge is 0.325 e. The third-order valence-corrected chi connectivity index (χ3v) is 4.15. The average molecular weight is 350 g/mol. The van der Waals surface area contributed by atoms with Crippen LogP contribution in [0.4, 0.5) is 4.39 Å². The Kier molecular flexibility index (Phi) is 7.37. The van der Waals surface area contributed by atoms with Gasteiger partial charge in [0, 0.05) is 12.5 Å². The van der Waals surface area contributed by atoms with E-state index in [9.17, 15) is 18.8 Å². The Morgan fingerprint density at radius 2 is 1.72 bits per heavy atom. The third kappa shape index (κ3) is 6.91. The van der Waals surface area contributed by atoms with Crippen molar-refractivity contribution in [2.45, 2.75) is 38.6 Å². The number of amides is 2. The zero-order valence-corrected chi connectivity index (χ0v) is 14.1. The van der Waals surface area contributed by atoms with E-state index < -0.39 is 18.5 Å². The summed E-state index contributed by atoms with van der Waals surface area (Å²) in [5.41, 5.74) is 0.737. The monoisotopic (exact) mass is 350 g/mol. The van der Waals surface area contributed by atoms with Gasteiger partial charge in [-0.25, -0.2) is 4.39 Å². The van der Waals surface area contributed by atoms with Crippen LogP contribution in [0.15, 0.2) is 24.3 Å². The molecule has 0 bridgehead atoms. The van der Waals surface area contributed by atoms with Gasteiger partial charge < -0.3 is 15.4 Å². The zero-order chi connectivity index (χ0) is 18.1. The molecule has 1 aliphatic carbocycles. The Hall–Kier alpha value is -2.44. The van der Waals surface area contributed by atoms with Gasteiger partial charge in [-0.15, -0.1) is 0 Å². The quantitative estimate of drug-likeness (QED) is 0.733. The topological polar surface area (TPSA) is 84.5 Å². The molecule has 1 aromatic carbocycles. The molecule has 0 unspecified atom stereocenters. The molecular formula is C18H23FN2O4. The SMILES string of the molecule is O=C(COC(=O)CNC(=O)C1CCCCC1)NCc1ccc(F)cc1. The van der Waals surface area contributed by atoms with E-state index in [0.717, 1.165) is 37.7 Å². The molecule has 0 radical (unpaired) electrons. The van der Waals surface area contributed by atoms with E-state index in [4.69, 9.17) is 4.74 Å². The van der Waals surface area contributed by atoms with Crippen molar-refractivity contribution in [3.05, 3.63) is 35.6 Å². The lowest BCUT2D eigenvalue weighted by Gasteiger charge is -2.20. The summed E-state index contributed by atoms with van der Waals surface area (Å²) < 4.78 is 17.6. The van der Waals surface area contributed by atoms with Crippen LogP contribution in [0.25, 0.3) is 0 Å². The lowest BCUT2D eigenvalue weighted by atomic mass is 9.89. The van der Waals surface area contributed by atoms with Gasteiger partial charge in [0.2, 0.25) is 5.91 Å². The van der Waals surface area contributed by atoms with Crippen molar-refractivity contribution < 1.29 is 23.5 Å². The molecule has 2 N–H and O–H groups in total. The highest BCUT2D eigenvalue weighted by Crippen LogP contribution is 2.23. The number of benzene rings is 1. The van der Waals surface area contributed by atoms with Crippen LogP contribution in [0, 0.1) is 11.7 Å². The van der Waals surface area contributed by atoms with Crippen molar-refractivity contribution in [2.24, 2.45) is 5.92 Å². The maximum absolute atomic E-state index is 12.8. The average Bonchev–Trinajstić information content (AvgIpc) is 2.64. The molecule has 0 aliphatic heterocycles. The number of esters is 1. The minimum Gasteiger partial charge on any atom is -0.454 e. The van der Waals surface area contributed by atoms with Gasteiger partial charge in [-0.05, 0) is 30.5 Å². The van der Waals surface area contributed by atoms with Crippen LogP contribution in [0.2, 0.25) is 0 Å². The van der Waals surface area contributed by atoms with Crippen molar-refractivity contribution in [1.82, 2.24) is 10.6 Å². The van der Waals surface area contributed by atoms with E-state index in [1.807, 2.05) is 0 Å². The number of rotatable bonds is 7. The van der Waals surface area contributed by atoms with E-state index in [2.05, 4.69) is 10.6 Å². The second-order valence-electron chi connectivity index (χ2n) is 6.12. The van der Waals surface area contributed by atoms with E-state index in [0.29, 0.717) is 0 Å². The first-order chi connectivity index (χ1) is 12.0. The molecule has 0 saturated heterocycles. The highest BCUT2D eigenvalue weighted by Gasteiger charge is 2.21. The summed E-state index contributed by atoms with van der Waals surface area (Å²) in [5.74, 6) is -1.62. The highest BCUT2D eigenvalue weighted by atomic mass is 19.1. The van der Waals surface area contributed by atoms with Gasteiger partial charge in [-0.1, -0.05) is 31.4 Å². The van der Waals surface area contributed by atoms with Crippen LogP contribution >= 0.6 is 0 Å². The van der Waals surface area contributed by atoms with Gasteiger partial charge in [0.15, 0.2) is 6.61 Å². The predicted molar refractivity (Wildman–Crippen MR) is 88.8 cm³/mol. The number of carbonyl (C=O) groups is 3. The molecule has 136 valence electrons. The van der Waals surface area contributed by atoms with Crippen LogP contribution < -0.4 is 10.6 Å². The van der Waals surface area contributed by atoms with Crippen LogP contribution in [0.1, 0.15) is 37.7 Å². The Balaban J connectivity index is 1.59. The Morgan fingerprint density at radius 3 is 2.40 bits per heavy atom. The van der Waals surface area contributed by atoms with E-state index in [1.165, 1.54) is 12.1 Å². The van der Waals surface area contributed by atoms with Gasteiger partial charge in [-0.3, -0.25) is 14.4 Å². The van der Waals surface area contributed by atoms with Crippen LogP contribution in [-0.4, -0.2) is 30.9 Å². The first kappa shape index (κ1) is 18.9. The van der Waals surface area contributed by atoms with E-state index in [-0.39, 0.29) is 30.7 Å². The largest absolute Gasteiger partial charge is 0.454 e. The van der Waals surface area contributed by atoms with E-state index in [1.54, 1.807) is 12.1 Å². The van der Waals surface area contributed by atoms with Crippen molar-refractivity contribution in [3.8, 4) is 0 Å². The standard InChI is InChI=1S/C18H23FN2O4/c19-15-8-6-13(7-9-15)10-20-16(22)12-25-17(23)11-21-18(24)14-4-2-1-3-5-14/h6-9,14H,1-5,10-12H2,(H,20,22)(H,21,24). The zero-order valence-electron chi connectivity index (χ0n) is 14.1. The molecule has 1 saturated carbocycles. The van der Waals surface area contributed by atoms with Gasteiger partial charge in [0.25, 0.3) is 5.91 Å². The lowest BCUT2D eigenvalue weighted by molar-refractivity contribution is -0.148. The molecule has 1 fully saturated rings. The highest BCUT2D eigenvalue weighted by molar-refractivity contribution is 5.85. The number of carbonyl (C=O) groups excluding carboxylic acids is 3. The molecule has 7 heteroatoms. The molecule has 2 amide bonds. The van der Waals surface area contributed by atoms with Gasteiger partial charge in [0.1, 0.15) is 12.4 Å². The molecule has 2 rings (SSSR count). The van der Waals surface area contributed by atoms with Crippen molar-refractivity contribution in [2.75, 3.05) is 13.2 Å². The third-order valence-electron chi connectivity index (χ3n) is 4.15. The summed E-state index contributed by atoms with van der Waals surface area (Å²) in [6, 6.07) is 5.72. The maximum atomic E-state index is 12.8. The number of nitrogens with one attached hydrogen (secondary N) is 2. The number of halogens is 1. The maximum Gasteiger partial charge on any atom is 0.325 e. The first-order valence-corrected chi connectivity index (χ1v) is 8.49. The summed E-state index contributed by atoms with van der Waals surface area (Å²) in [5, 5.41) is 5.12. The molecule has 0 aromatic heterocycles. The molecule has 25 heavy (non-hydrogen) atoms. The van der Waals surface area contributed by atoms with Crippen LogP contribution in [0.3, 0.4) is 0 Å². The molecule has 0 atom stereocenters. The number of ether oxygens (including phenoxy) is 1. The van der Waals surface area contributed by atoms with Crippen molar-refractivity contribution in [3.63, 3.8) is 0 Å². The summed E-state index contributed by atoms with van der Waals surface area (Å²) in [6.45, 7) is -0.436. The summed E-state index contributed by atoms with van der Waals surface area (Å²) >= 11 is 0. The molecular weight excluding hydrogens is 327 g/mol. The first-order valence-electron chi connectivity index (χ1n) is 8.49. The molecule has 0 heterocycles. The Labute approximate surface area is 146 Å². The fraction of sp³-hybridized carbons (Fsp3) is 0.500. The second-order valence-corrected chi connectivity index (χ2v) is 6.12. The van der Waals surface area contributed by atoms with Crippen molar-refractivity contribution >= 4 is 17.8 Å². The Bertz CT molecular complexity index is 598. The summed E-state index contributed by atoms with van der Waals surface area (Å²) in [6.07, 6.45) is 4.94. The van der Waals surface area contributed by atoms with Crippen molar-refractivity contribution in [1.29, 1.82) is 0 Å². The second kappa shape index (κ2) is 9.76. The summed E-state index contributed by atoms with van der Waals surface area (Å²) in [4.78, 5) is 35.1.